The van der Waals surface area contributed by atoms with E-state index in [-0.39, 0.29) is 5.41 Å². The Hall–Kier alpha value is -6.06. The zero-order valence-corrected chi connectivity index (χ0v) is 30.6. The molecule has 0 aliphatic heterocycles. The second-order valence-electron chi connectivity index (χ2n) is 15.0. The maximum absolute atomic E-state index is 6.52. The predicted molar refractivity (Wildman–Crippen MR) is 221 cm³/mol. The summed E-state index contributed by atoms with van der Waals surface area (Å²) in [5.74, 6) is 0. The van der Waals surface area contributed by atoms with Crippen LogP contribution in [0.4, 0.5) is 34.1 Å². The topological polar surface area (TPSA) is 19.6 Å². The van der Waals surface area contributed by atoms with Crippen LogP contribution in [0.2, 0.25) is 0 Å². The van der Waals surface area contributed by atoms with Gasteiger partial charge in [0, 0.05) is 38.9 Å². The Kier molecular flexibility index (Phi) is 7.33. The van der Waals surface area contributed by atoms with Gasteiger partial charge in [0.05, 0.1) is 11.4 Å². The summed E-state index contributed by atoms with van der Waals surface area (Å²) < 4.78 is 6.52. The van der Waals surface area contributed by atoms with Crippen LogP contribution in [0.25, 0.3) is 21.9 Å². The van der Waals surface area contributed by atoms with Crippen molar-refractivity contribution >= 4 is 56.1 Å². The van der Waals surface area contributed by atoms with Crippen molar-refractivity contribution in [1.82, 2.24) is 0 Å². The fraction of sp³-hybridized carbons (Fsp3) is 0.160. The van der Waals surface area contributed by atoms with Gasteiger partial charge in [-0.1, -0.05) is 84.9 Å². The molecule has 0 amide bonds. The molecule has 258 valence electrons. The number of furan rings is 1. The summed E-state index contributed by atoms with van der Waals surface area (Å²) in [5.41, 5.74) is 18.6. The largest absolute Gasteiger partial charge is 0.456 e. The highest BCUT2D eigenvalue weighted by atomic mass is 16.3. The van der Waals surface area contributed by atoms with E-state index in [0.717, 1.165) is 42.5 Å². The van der Waals surface area contributed by atoms with Gasteiger partial charge in [-0.3, -0.25) is 0 Å². The lowest BCUT2D eigenvalue weighted by molar-refractivity contribution is 0.508. The first-order valence-corrected chi connectivity index (χ1v) is 18.9. The van der Waals surface area contributed by atoms with E-state index >= 15 is 0 Å². The van der Waals surface area contributed by atoms with Gasteiger partial charge in [0.1, 0.15) is 11.2 Å². The van der Waals surface area contributed by atoms with Crippen molar-refractivity contribution in [1.29, 1.82) is 0 Å². The molecule has 7 aromatic carbocycles. The van der Waals surface area contributed by atoms with Crippen LogP contribution in [0, 0.1) is 20.8 Å². The van der Waals surface area contributed by atoms with Crippen molar-refractivity contribution in [2.45, 2.75) is 51.9 Å². The Morgan fingerprint density at radius 3 is 1.57 bits per heavy atom. The minimum Gasteiger partial charge on any atom is -0.456 e. The quantitative estimate of drug-likeness (QED) is 0.174. The molecule has 1 spiro atoms. The number of rotatable bonds is 6. The summed E-state index contributed by atoms with van der Waals surface area (Å²) in [6.07, 6.45) is 4.29. The van der Waals surface area contributed by atoms with Crippen molar-refractivity contribution in [2.75, 3.05) is 9.80 Å². The molecule has 0 radical (unpaired) electrons. The average molecular weight is 687 g/mol. The van der Waals surface area contributed by atoms with Gasteiger partial charge in [-0.25, -0.2) is 0 Å². The molecule has 1 atom stereocenters. The van der Waals surface area contributed by atoms with E-state index in [2.05, 4.69) is 182 Å². The van der Waals surface area contributed by atoms with Crippen LogP contribution >= 0.6 is 0 Å². The molecule has 2 aliphatic rings. The predicted octanol–water partition coefficient (Wildman–Crippen LogP) is 13.6. The maximum Gasteiger partial charge on any atom is 0.135 e. The molecule has 1 heterocycles. The fourth-order valence-corrected chi connectivity index (χ4v) is 9.84. The number of hydrogen-bond donors (Lipinski definition) is 0. The third kappa shape index (κ3) is 4.87. The van der Waals surface area contributed by atoms with Gasteiger partial charge in [0.15, 0.2) is 0 Å². The number of nitrogens with zero attached hydrogens (tertiary/aromatic N) is 2. The van der Waals surface area contributed by atoms with Crippen LogP contribution in [0.5, 0.6) is 0 Å². The van der Waals surface area contributed by atoms with E-state index in [0.29, 0.717) is 0 Å². The maximum atomic E-state index is 6.52. The first-order valence-electron chi connectivity index (χ1n) is 18.9. The third-order valence-electron chi connectivity index (χ3n) is 11.9. The number of anilines is 6. The highest BCUT2D eigenvalue weighted by Crippen LogP contribution is 2.60. The van der Waals surface area contributed by atoms with Crippen LogP contribution in [0.3, 0.4) is 0 Å². The molecule has 3 heteroatoms. The molecule has 3 nitrogen and oxygen atoms in total. The molecule has 0 bridgehead atoms. The zero-order chi connectivity index (χ0) is 35.7. The van der Waals surface area contributed by atoms with Crippen molar-refractivity contribution in [3.05, 3.63) is 191 Å². The first-order chi connectivity index (χ1) is 26.0. The fourth-order valence-electron chi connectivity index (χ4n) is 9.84. The monoisotopic (exact) mass is 686 g/mol. The van der Waals surface area contributed by atoms with Crippen molar-refractivity contribution in [3.63, 3.8) is 0 Å². The molecule has 0 saturated carbocycles. The van der Waals surface area contributed by atoms with E-state index in [1.165, 1.54) is 78.2 Å². The first kappa shape index (κ1) is 31.7. The van der Waals surface area contributed by atoms with Crippen LogP contribution in [0.1, 0.15) is 51.8 Å². The third-order valence-corrected chi connectivity index (χ3v) is 11.9. The summed E-state index contributed by atoms with van der Waals surface area (Å²) in [5, 5.41) is 2.41. The summed E-state index contributed by atoms with van der Waals surface area (Å²) >= 11 is 0. The minimum atomic E-state index is -0.138. The zero-order valence-electron chi connectivity index (χ0n) is 30.6. The summed E-state index contributed by atoms with van der Waals surface area (Å²) in [6.45, 7) is 6.64. The summed E-state index contributed by atoms with van der Waals surface area (Å²) in [6, 6.07) is 55.6. The number of aryl methyl sites for hydroxylation is 5. The van der Waals surface area contributed by atoms with Gasteiger partial charge in [-0.05, 0) is 152 Å². The molecule has 53 heavy (non-hydrogen) atoms. The van der Waals surface area contributed by atoms with Crippen LogP contribution in [-0.4, -0.2) is 0 Å². The Labute approximate surface area is 311 Å². The minimum absolute atomic E-state index is 0.138. The van der Waals surface area contributed by atoms with Gasteiger partial charge >= 0.3 is 0 Å². The molecular weight excluding hydrogens is 645 g/mol. The highest BCUT2D eigenvalue weighted by molar-refractivity contribution is 6.10. The molecule has 0 fully saturated rings. The van der Waals surface area contributed by atoms with E-state index in [4.69, 9.17) is 4.42 Å². The number of fused-ring (bicyclic) bond motifs is 7. The lowest BCUT2D eigenvalue weighted by Gasteiger charge is -2.37. The Morgan fingerprint density at radius 2 is 1.00 bits per heavy atom. The molecule has 0 N–H and O–H groups in total. The van der Waals surface area contributed by atoms with Crippen LogP contribution in [0.15, 0.2) is 156 Å². The van der Waals surface area contributed by atoms with Gasteiger partial charge in [0.25, 0.3) is 0 Å². The second-order valence-corrected chi connectivity index (χ2v) is 15.0. The Balaban J connectivity index is 1.22. The van der Waals surface area contributed by atoms with Crippen molar-refractivity contribution in [3.8, 4) is 0 Å². The van der Waals surface area contributed by atoms with Crippen molar-refractivity contribution < 1.29 is 4.42 Å². The van der Waals surface area contributed by atoms with E-state index in [1.54, 1.807) is 0 Å². The standard InChI is InChI=1S/C50H42N2O/c1-33-31-34(2)46-45(32-33)53-44-26-25-41(35(3)47(44)46)52(40-21-11-6-12-22-40)43-24-14-16-37-28-30-50(49(37)43)29-27-36-15-13-23-42(48(36)50)51(38-17-7-4-8-18-38)39-19-9-5-10-20-39/h4-26,31-32H,27-30H2,1-3H3/t50-/m1/s1. The lowest BCUT2D eigenvalue weighted by atomic mass is 9.74. The van der Waals surface area contributed by atoms with E-state index in [1.807, 2.05) is 0 Å². The number of para-hydroxylation sites is 3. The Bertz CT molecular complexity index is 2620. The SMILES string of the molecule is Cc1cc(C)c2c(c1)oc1ccc(N(c3ccccc3)c3cccc4c3[C@]3(CCc5cccc(N(c6ccccc6)c6ccccc6)c53)CC4)c(C)c12. The van der Waals surface area contributed by atoms with Gasteiger partial charge in [-0.15, -0.1) is 0 Å². The number of hydrogen-bond acceptors (Lipinski definition) is 3. The number of benzene rings is 7. The van der Waals surface area contributed by atoms with Crippen molar-refractivity contribution in [2.24, 2.45) is 0 Å². The summed E-state index contributed by atoms with van der Waals surface area (Å²) in [7, 11) is 0. The lowest BCUT2D eigenvalue weighted by Crippen LogP contribution is -2.27. The van der Waals surface area contributed by atoms with Gasteiger partial charge in [0.2, 0.25) is 0 Å². The van der Waals surface area contributed by atoms with Gasteiger partial charge in [-0.2, -0.15) is 0 Å². The smallest absolute Gasteiger partial charge is 0.135 e. The molecule has 0 saturated heterocycles. The molecular formula is C50H42N2O. The second kappa shape index (κ2) is 12.3. The summed E-state index contributed by atoms with van der Waals surface area (Å²) in [4.78, 5) is 5.02. The Morgan fingerprint density at radius 1 is 0.472 bits per heavy atom. The van der Waals surface area contributed by atoms with Crippen LogP contribution < -0.4 is 9.80 Å². The molecule has 1 aromatic heterocycles. The van der Waals surface area contributed by atoms with Gasteiger partial charge < -0.3 is 14.2 Å². The highest BCUT2D eigenvalue weighted by Gasteiger charge is 2.49. The molecule has 8 aromatic rings. The van der Waals surface area contributed by atoms with Crippen LogP contribution in [-0.2, 0) is 18.3 Å². The molecule has 0 unspecified atom stereocenters. The molecule has 10 rings (SSSR count). The average Bonchev–Trinajstić information content (AvgIpc) is 3.89. The normalized spacial score (nSPS) is 16.0. The molecule has 2 aliphatic carbocycles. The van der Waals surface area contributed by atoms with E-state index in [9.17, 15) is 0 Å². The van der Waals surface area contributed by atoms with E-state index < -0.39 is 0 Å².